The summed E-state index contributed by atoms with van der Waals surface area (Å²) in [5.74, 6) is -0.202. The number of ketones is 1. The number of ether oxygens (including phenoxy) is 1. The molecule has 2 aromatic heterocycles. The van der Waals surface area contributed by atoms with Crippen LogP contribution in [0.15, 0.2) is 39.7 Å². The third kappa shape index (κ3) is 9.02. The molecule has 35 heavy (non-hydrogen) atoms. The summed E-state index contributed by atoms with van der Waals surface area (Å²) in [6, 6.07) is 5.63. The van der Waals surface area contributed by atoms with Crippen LogP contribution in [0.1, 0.15) is 72.8 Å². The summed E-state index contributed by atoms with van der Waals surface area (Å²) in [5, 5.41) is 12.9. The van der Waals surface area contributed by atoms with Crippen molar-refractivity contribution in [1.82, 2.24) is 5.32 Å². The number of hydrogen-bond donors (Lipinski definition) is 2. The summed E-state index contributed by atoms with van der Waals surface area (Å²) in [5.41, 5.74) is -1.09. The molecule has 0 aliphatic rings. The summed E-state index contributed by atoms with van der Waals surface area (Å²) in [6.45, 7) is 8.22. The van der Waals surface area contributed by atoms with Gasteiger partial charge in [-0.05, 0) is 56.1 Å². The standard InChI is InChI=1S/C27H37NO6S/c1-17(2)10-11-21-12-13-22(35-21)15-18(3)19(4)25(30)24-23(29)16-20(34-26(24)31)9-7-6-8-14-28-27(32)33-5/h8,12-14,16-19,29H,6-7,9-11,15H2,1-5H3,(H,28,32)/b14-8+/t18-,19?/m0/s1. The van der Waals surface area contributed by atoms with Gasteiger partial charge in [0.2, 0.25) is 0 Å². The molecule has 0 radical (unpaired) electrons. The second kappa shape index (κ2) is 13.9. The number of carbonyl (C=O) groups excluding carboxylic acids is 2. The van der Waals surface area contributed by atoms with Gasteiger partial charge in [0.05, 0.1) is 7.11 Å². The molecule has 2 aromatic rings. The van der Waals surface area contributed by atoms with Gasteiger partial charge < -0.3 is 14.3 Å². The first-order chi connectivity index (χ1) is 16.6. The first-order valence-corrected chi connectivity index (χ1v) is 12.9. The maximum Gasteiger partial charge on any atom is 0.410 e. The average Bonchev–Trinajstić information content (AvgIpc) is 3.25. The van der Waals surface area contributed by atoms with E-state index in [1.54, 1.807) is 24.3 Å². The molecule has 8 heteroatoms. The van der Waals surface area contributed by atoms with Crippen LogP contribution in [0.3, 0.4) is 0 Å². The fourth-order valence-corrected chi connectivity index (χ4v) is 4.79. The largest absolute Gasteiger partial charge is 0.507 e. The molecule has 1 unspecified atom stereocenters. The lowest BCUT2D eigenvalue weighted by molar-refractivity contribution is 0.0885. The number of aryl methyl sites for hydroxylation is 2. The van der Waals surface area contributed by atoms with Gasteiger partial charge in [0.1, 0.15) is 17.1 Å². The van der Waals surface area contributed by atoms with Gasteiger partial charge in [-0.3, -0.25) is 10.1 Å². The normalized spacial score (nSPS) is 13.2. The molecule has 0 fully saturated rings. The Hall–Kier alpha value is -2.87. The van der Waals surface area contributed by atoms with Crippen molar-refractivity contribution < 1.29 is 23.8 Å². The van der Waals surface area contributed by atoms with Crippen LogP contribution >= 0.6 is 11.3 Å². The molecule has 7 nitrogen and oxygen atoms in total. The number of allylic oxidation sites excluding steroid dienone is 1. The predicted molar refractivity (Wildman–Crippen MR) is 138 cm³/mol. The van der Waals surface area contributed by atoms with E-state index in [0.717, 1.165) is 19.3 Å². The molecular weight excluding hydrogens is 466 g/mol. The first kappa shape index (κ1) is 28.4. The van der Waals surface area contributed by atoms with E-state index >= 15 is 0 Å². The highest BCUT2D eigenvalue weighted by molar-refractivity contribution is 7.12. The second-order valence-corrected chi connectivity index (χ2v) is 10.6. The molecule has 0 saturated carbocycles. The average molecular weight is 504 g/mol. The summed E-state index contributed by atoms with van der Waals surface area (Å²) < 4.78 is 9.78. The van der Waals surface area contributed by atoms with E-state index in [0.29, 0.717) is 30.9 Å². The van der Waals surface area contributed by atoms with Crippen LogP contribution in [0.25, 0.3) is 0 Å². The van der Waals surface area contributed by atoms with E-state index in [2.05, 4.69) is 36.0 Å². The number of nitrogens with one attached hydrogen (secondary N) is 1. The molecule has 0 spiro atoms. The topological polar surface area (TPSA) is 106 Å². The van der Waals surface area contributed by atoms with Crippen molar-refractivity contribution in [3.8, 4) is 5.75 Å². The van der Waals surface area contributed by atoms with Crippen molar-refractivity contribution >= 4 is 23.2 Å². The van der Waals surface area contributed by atoms with Crippen molar-refractivity contribution in [1.29, 1.82) is 0 Å². The Morgan fingerprint density at radius 1 is 1.17 bits per heavy atom. The quantitative estimate of drug-likeness (QED) is 0.261. The van der Waals surface area contributed by atoms with Crippen molar-refractivity contribution in [2.75, 3.05) is 7.11 Å². The van der Waals surface area contributed by atoms with Crippen molar-refractivity contribution in [3.05, 3.63) is 62.0 Å². The molecule has 0 saturated heterocycles. The molecule has 192 valence electrons. The molecule has 2 atom stereocenters. The third-order valence-corrected chi connectivity index (χ3v) is 7.17. The Morgan fingerprint density at radius 2 is 1.89 bits per heavy atom. The smallest absolute Gasteiger partial charge is 0.410 e. The van der Waals surface area contributed by atoms with Crippen LogP contribution in [-0.2, 0) is 24.0 Å². The van der Waals surface area contributed by atoms with Crippen LogP contribution in [0, 0.1) is 17.8 Å². The SMILES string of the molecule is COC(=O)N/C=C/CCCc1cc(O)c(C(=O)C(C)[C@@H](C)Cc2ccc(CCC(C)C)s2)c(=O)o1. The molecule has 1 amide bonds. The molecule has 0 bridgehead atoms. The zero-order valence-electron chi connectivity index (χ0n) is 21.3. The van der Waals surface area contributed by atoms with Crippen LogP contribution in [-0.4, -0.2) is 24.1 Å². The van der Waals surface area contributed by atoms with Gasteiger partial charge in [-0.2, -0.15) is 0 Å². The number of amides is 1. The van der Waals surface area contributed by atoms with E-state index in [4.69, 9.17) is 4.42 Å². The zero-order chi connectivity index (χ0) is 26.0. The van der Waals surface area contributed by atoms with Crippen LogP contribution in [0.4, 0.5) is 4.79 Å². The van der Waals surface area contributed by atoms with Gasteiger partial charge in [0.15, 0.2) is 5.78 Å². The number of aromatic hydroxyl groups is 1. The predicted octanol–water partition coefficient (Wildman–Crippen LogP) is 5.89. The van der Waals surface area contributed by atoms with Gasteiger partial charge in [-0.15, -0.1) is 11.3 Å². The summed E-state index contributed by atoms with van der Waals surface area (Å²) in [7, 11) is 1.28. The van der Waals surface area contributed by atoms with Crippen LogP contribution in [0.2, 0.25) is 0 Å². The number of thiophene rings is 1. The number of Topliss-reactive ketones (excluding diaryl/α,β-unsaturated/α-hetero) is 1. The Kier molecular flexibility index (Phi) is 11.2. The van der Waals surface area contributed by atoms with E-state index < -0.39 is 23.4 Å². The molecule has 2 heterocycles. The van der Waals surface area contributed by atoms with Gasteiger partial charge in [-0.25, -0.2) is 9.59 Å². The van der Waals surface area contributed by atoms with E-state index in [1.165, 1.54) is 29.1 Å². The van der Waals surface area contributed by atoms with E-state index in [9.17, 15) is 19.5 Å². The van der Waals surface area contributed by atoms with Crippen molar-refractivity contribution in [2.45, 2.75) is 66.2 Å². The molecule has 0 aromatic carbocycles. The first-order valence-electron chi connectivity index (χ1n) is 12.1. The lowest BCUT2D eigenvalue weighted by Crippen LogP contribution is -2.25. The second-order valence-electron chi connectivity index (χ2n) is 9.33. The molecule has 0 aliphatic carbocycles. The lowest BCUT2D eigenvalue weighted by atomic mass is 9.86. The number of carbonyl (C=O) groups is 2. The summed E-state index contributed by atoms with van der Waals surface area (Å²) in [4.78, 5) is 39.1. The maximum atomic E-state index is 13.1. The highest BCUT2D eigenvalue weighted by Gasteiger charge is 2.28. The number of unbranched alkanes of at least 4 members (excludes halogenated alkanes) is 1. The Balaban J connectivity index is 1.95. The fourth-order valence-electron chi connectivity index (χ4n) is 3.62. The van der Waals surface area contributed by atoms with Crippen molar-refractivity contribution in [2.24, 2.45) is 17.8 Å². The Morgan fingerprint density at radius 3 is 2.54 bits per heavy atom. The Bertz CT molecular complexity index is 1070. The minimum atomic E-state index is -0.806. The maximum absolute atomic E-state index is 13.1. The van der Waals surface area contributed by atoms with E-state index in [-0.39, 0.29) is 17.2 Å². The Labute approximate surface area is 211 Å². The third-order valence-electron chi connectivity index (χ3n) is 6.00. The van der Waals surface area contributed by atoms with E-state index in [1.807, 2.05) is 6.92 Å². The summed E-state index contributed by atoms with van der Waals surface area (Å²) >= 11 is 1.78. The number of hydrogen-bond acceptors (Lipinski definition) is 7. The van der Waals surface area contributed by atoms with Gasteiger partial charge >= 0.3 is 11.7 Å². The molecule has 2 rings (SSSR count). The molecule has 2 N–H and O–H groups in total. The summed E-state index contributed by atoms with van der Waals surface area (Å²) in [6.07, 6.45) is 7.27. The van der Waals surface area contributed by atoms with Crippen LogP contribution < -0.4 is 10.9 Å². The van der Waals surface area contributed by atoms with Gasteiger partial charge in [0, 0.05) is 34.4 Å². The van der Waals surface area contributed by atoms with Gasteiger partial charge in [0.25, 0.3) is 0 Å². The zero-order valence-corrected chi connectivity index (χ0v) is 22.1. The number of methoxy groups -OCH3 is 1. The van der Waals surface area contributed by atoms with Gasteiger partial charge in [-0.1, -0.05) is 33.8 Å². The lowest BCUT2D eigenvalue weighted by Gasteiger charge is -2.18. The molecular formula is C27H37NO6S. The fraction of sp³-hybridized carbons (Fsp3) is 0.519. The van der Waals surface area contributed by atoms with Crippen LogP contribution in [0.5, 0.6) is 5.75 Å². The minimum absolute atomic E-state index is 0.00274. The highest BCUT2D eigenvalue weighted by atomic mass is 32.1. The number of rotatable bonds is 13. The molecule has 0 aliphatic heterocycles. The number of alkyl carbamates (subject to hydrolysis) is 1. The van der Waals surface area contributed by atoms with Crippen molar-refractivity contribution in [3.63, 3.8) is 0 Å². The minimum Gasteiger partial charge on any atom is -0.507 e. The highest BCUT2D eigenvalue weighted by Crippen LogP contribution is 2.28. The monoisotopic (exact) mass is 503 g/mol.